The Morgan fingerprint density at radius 3 is 2.83 bits per heavy atom. The maximum atomic E-state index is 12.8. The number of ether oxygens (including phenoxy) is 3. The van der Waals surface area contributed by atoms with Crippen molar-refractivity contribution in [2.24, 2.45) is 5.92 Å². The number of likely N-dealkylation sites (N-methyl/N-ethyl adjacent to an activating group) is 1. The van der Waals surface area contributed by atoms with Crippen LogP contribution in [0.25, 0.3) is 0 Å². The molecule has 2 bridgehead atoms. The van der Waals surface area contributed by atoms with Crippen molar-refractivity contribution in [3.63, 3.8) is 0 Å². The van der Waals surface area contributed by atoms with Gasteiger partial charge in [-0.25, -0.2) is 4.79 Å². The number of amides is 2. The first-order valence-electron chi connectivity index (χ1n) is 11.9. The molecule has 0 aliphatic carbocycles. The second-order valence-electron chi connectivity index (χ2n) is 8.93. The number of aryl methyl sites for hydroxylation is 1. The van der Waals surface area contributed by atoms with Crippen molar-refractivity contribution in [3.05, 3.63) is 36.2 Å². The zero-order chi connectivity index (χ0) is 25.2. The molecular formula is C24H36N6O5. The minimum atomic E-state index is -0.262. The lowest BCUT2D eigenvalue weighted by atomic mass is 10.0. The first-order valence-corrected chi connectivity index (χ1v) is 11.9. The molecule has 3 rings (SSSR count). The number of fused-ring (bicyclic) bond motifs is 2. The van der Waals surface area contributed by atoms with Crippen molar-refractivity contribution in [1.29, 1.82) is 0 Å². The van der Waals surface area contributed by atoms with Gasteiger partial charge in [0.1, 0.15) is 18.1 Å². The number of hydrogen-bond acceptors (Lipinski definition) is 8. The zero-order valence-corrected chi connectivity index (χ0v) is 20.9. The summed E-state index contributed by atoms with van der Waals surface area (Å²) in [6.07, 6.45) is 2.51. The summed E-state index contributed by atoms with van der Waals surface area (Å²) in [7, 11) is 3.33. The van der Waals surface area contributed by atoms with Gasteiger partial charge in [-0.3, -0.25) is 9.48 Å². The number of methoxy groups -OCH3 is 1. The van der Waals surface area contributed by atoms with E-state index in [1.54, 1.807) is 48.0 Å². The molecule has 192 valence electrons. The second-order valence-corrected chi connectivity index (χ2v) is 8.93. The Morgan fingerprint density at radius 1 is 1.31 bits per heavy atom. The fourth-order valence-electron chi connectivity index (χ4n) is 3.60. The van der Waals surface area contributed by atoms with Gasteiger partial charge in [0.2, 0.25) is 0 Å². The number of hydrogen-bond donors (Lipinski definition) is 2. The van der Waals surface area contributed by atoms with Gasteiger partial charge < -0.3 is 29.7 Å². The van der Waals surface area contributed by atoms with Gasteiger partial charge in [-0.1, -0.05) is 12.1 Å². The van der Waals surface area contributed by atoms with Gasteiger partial charge in [-0.2, -0.15) is 0 Å². The molecule has 1 aromatic heterocycles. The molecular weight excluding hydrogens is 452 g/mol. The number of cyclic esters (lactones) is 1. The molecule has 0 saturated heterocycles. The summed E-state index contributed by atoms with van der Waals surface area (Å²) >= 11 is 0. The molecule has 0 radical (unpaired) electrons. The monoisotopic (exact) mass is 488 g/mol. The normalized spacial score (nSPS) is 22.2. The van der Waals surface area contributed by atoms with Gasteiger partial charge in [-0.05, 0) is 43.5 Å². The number of urea groups is 1. The number of aromatic nitrogens is 3. The summed E-state index contributed by atoms with van der Waals surface area (Å²) < 4.78 is 18.5. The van der Waals surface area contributed by atoms with E-state index in [1.165, 1.54) is 0 Å². The predicted octanol–water partition coefficient (Wildman–Crippen LogP) is 2.29. The molecule has 1 aliphatic rings. The lowest BCUT2D eigenvalue weighted by Crippen LogP contribution is -2.44. The van der Waals surface area contributed by atoms with Crippen LogP contribution in [0.1, 0.15) is 32.4 Å². The third-order valence-corrected chi connectivity index (χ3v) is 5.86. The van der Waals surface area contributed by atoms with E-state index in [0.717, 1.165) is 5.75 Å². The van der Waals surface area contributed by atoms with Crippen LogP contribution < -0.4 is 15.4 Å². The number of anilines is 1. The third kappa shape index (κ3) is 8.52. The zero-order valence-electron chi connectivity index (χ0n) is 20.9. The van der Waals surface area contributed by atoms with Crippen molar-refractivity contribution < 1.29 is 23.8 Å². The van der Waals surface area contributed by atoms with E-state index in [1.807, 2.05) is 13.1 Å². The van der Waals surface area contributed by atoms with Crippen molar-refractivity contribution in [2.45, 2.75) is 52.0 Å². The fraction of sp³-hybridized carbons (Fsp3) is 0.583. The maximum absolute atomic E-state index is 12.8. The Labute approximate surface area is 206 Å². The molecule has 2 N–H and O–H groups in total. The lowest BCUT2D eigenvalue weighted by molar-refractivity contribution is -0.144. The second kappa shape index (κ2) is 13.1. The average molecular weight is 489 g/mol. The molecule has 0 unspecified atom stereocenters. The van der Waals surface area contributed by atoms with E-state index < -0.39 is 0 Å². The minimum Gasteiger partial charge on any atom is -0.497 e. The van der Waals surface area contributed by atoms with Crippen LogP contribution in [0.4, 0.5) is 10.5 Å². The molecule has 1 aliphatic heterocycles. The summed E-state index contributed by atoms with van der Waals surface area (Å²) in [6.45, 7) is 6.19. The highest BCUT2D eigenvalue weighted by atomic mass is 16.5. The van der Waals surface area contributed by atoms with Crippen molar-refractivity contribution in [2.75, 3.05) is 39.2 Å². The summed E-state index contributed by atoms with van der Waals surface area (Å²) in [6, 6.07) is 6.92. The minimum absolute atomic E-state index is 0.00121. The van der Waals surface area contributed by atoms with Gasteiger partial charge in [0, 0.05) is 44.8 Å². The first kappa shape index (κ1) is 26.4. The van der Waals surface area contributed by atoms with Crippen LogP contribution in [0.15, 0.2) is 30.5 Å². The summed E-state index contributed by atoms with van der Waals surface area (Å²) in [4.78, 5) is 26.4. The van der Waals surface area contributed by atoms with Crippen LogP contribution in [0, 0.1) is 5.92 Å². The van der Waals surface area contributed by atoms with E-state index in [4.69, 9.17) is 14.2 Å². The molecule has 11 nitrogen and oxygen atoms in total. The van der Waals surface area contributed by atoms with Gasteiger partial charge >= 0.3 is 12.0 Å². The third-order valence-electron chi connectivity index (χ3n) is 5.86. The fourth-order valence-corrected chi connectivity index (χ4v) is 3.60. The molecule has 2 aromatic rings. The van der Waals surface area contributed by atoms with Gasteiger partial charge in [0.25, 0.3) is 0 Å². The van der Waals surface area contributed by atoms with Crippen molar-refractivity contribution >= 4 is 17.7 Å². The van der Waals surface area contributed by atoms with Crippen LogP contribution >= 0.6 is 0 Å². The van der Waals surface area contributed by atoms with E-state index in [2.05, 4.69) is 27.9 Å². The van der Waals surface area contributed by atoms with Crippen LogP contribution in [-0.4, -0.2) is 77.9 Å². The van der Waals surface area contributed by atoms with Crippen LogP contribution in [0.5, 0.6) is 5.75 Å². The Bertz CT molecular complexity index is 950. The SMILES string of the molecule is COc1ccc(NC(=O)N(C)C[C@@H]2OCc3cn(nn3)CCCC(=O)OC[C@H](C)NC[C@@H]2C)cc1. The number of carbonyl (C=O) groups excluding carboxylic acids is 2. The quantitative estimate of drug-likeness (QED) is 0.629. The number of esters is 1. The van der Waals surface area contributed by atoms with Crippen LogP contribution in [0.2, 0.25) is 0 Å². The highest BCUT2D eigenvalue weighted by molar-refractivity contribution is 5.89. The number of nitrogens with zero attached hydrogens (tertiary/aromatic N) is 4. The molecule has 35 heavy (non-hydrogen) atoms. The topological polar surface area (TPSA) is 120 Å². The lowest BCUT2D eigenvalue weighted by Gasteiger charge is -2.30. The van der Waals surface area contributed by atoms with Gasteiger partial charge in [0.05, 0.1) is 26.0 Å². The van der Waals surface area contributed by atoms with Crippen LogP contribution in [-0.2, 0) is 27.4 Å². The van der Waals surface area contributed by atoms with E-state index in [0.29, 0.717) is 50.5 Å². The first-order chi connectivity index (χ1) is 16.8. The highest BCUT2D eigenvalue weighted by Crippen LogP contribution is 2.17. The molecule has 0 spiro atoms. The molecule has 0 saturated carbocycles. The highest BCUT2D eigenvalue weighted by Gasteiger charge is 2.24. The van der Waals surface area contributed by atoms with E-state index >= 15 is 0 Å². The Balaban J connectivity index is 1.65. The Morgan fingerprint density at radius 2 is 2.09 bits per heavy atom. The molecule has 11 heteroatoms. The Kier molecular flexibility index (Phi) is 9.86. The molecule has 1 aromatic carbocycles. The van der Waals surface area contributed by atoms with E-state index in [9.17, 15) is 9.59 Å². The Hall–Kier alpha value is -3.18. The van der Waals surface area contributed by atoms with Gasteiger partial charge in [0.15, 0.2) is 0 Å². The van der Waals surface area contributed by atoms with E-state index in [-0.39, 0.29) is 36.7 Å². The summed E-state index contributed by atoms with van der Waals surface area (Å²) in [5.74, 6) is 0.565. The molecule has 0 fully saturated rings. The largest absolute Gasteiger partial charge is 0.497 e. The molecule has 2 amide bonds. The summed E-state index contributed by atoms with van der Waals surface area (Å²) in [5.41, 5.74) is 1.37. The summed E-state index contributed by atoms with van der Waals surface area (Å²) in [5, 5.41) is 14.6. The number of rotatable bonds is 4. The number of nitrogens with one attached hydrogen (secondary N) is 2. The molecule has 3 atom stereocenters. The van der Waals surface area contributed by atoms with Crippen molar-refractivity contribution in [3.8, 4) is 5.75 Å². The predicted molar refractivity (Wildman–Crippen MR) is 130 cm³/mol. The number of benzene rings is 1. The standard InChI is InChI=1S/C24H36N6O5/c1-17-12-25-18(2)15-35-23(31)6-5-11-30-13-20(27-28-30)16-34-22(17)14-29(3)24(32)26-19-7-9-21(33-4)10-8-19/h7-10,13,17-18,22,25H,5-6,11-12,14-16H2,1-4H3,(H,26,32)/t17-,18-,22-/m0/s1. The number of carbonyl (C=O) groups is 2. The average Bonchev–Trinajstić information content (AvgIpc) is 3.31. The smallest absolute Gasteiger partial charge is 0.321 e. The maximum Gasteiger partial charge on any atom is 0.321 e. The van der Waals surface area contributed by atoms with Crippen molar-refractivity contribution in [1.82, 2.24) is 25.2 Å². The van der Waals surface area contributed by atoms with Crippen LogP contribution in [0.3, 0.4) is 0 Å². The molecule has 2 heterocycles. The van der Waals surface area contributed by atoms with Gasteiger partial charge in [-0.15, -0.1) is 5.10 Å².